The smallest absolute Gasteiger partial charge is 0.252 e. The highest BCUT2D eigenvalue weighted by molar-refractivity contribution is 7.10. The van der Waals surface area contributed by atoms with Gasteiger partial charge in [-0.05, 0) is 43.4 Å². The first-order valence-corrected chi connectivity index (χ1v) is 8.49. The number of thiophene rings is 1. The second-order valence-corrected chi connectivity index (χ2v) is 6.60. The molecule has 0 aliphatic heterocycles. The van der Waals surface area contributed by atoms with Gasteiger partial charge in [0.2, 0.25) is 0 Å². The summed E-state index contributed by atoms with van der Waals surface area (Å²) in [4.78, 5) is 18.3. The highest BCUT2D eigenvalue weighted by Gasteiger charge is 2.19. The molecule has 4 rings (SSSR count). The minimum atomic E-state index is 0.0245. The summed E-state index contributed by atoms with van der Waals surface area (Å²) in [5.74, 6) is 0.0245. The number of carbonyl (C=O) groups is 1. The molecule has 0 radical (unpaired) electrons. The molecule has 3 aromatic heterocycles. The lowest BCUT2D eigenvalue weighted by Crippen LogP contribution is -2.24. The minimum absolute atomic E-state index is 0.0245. The zero-order valence-electron chi connectivity index (χ0n) is 12.2. The summed E-state index contributed by atoms with van der Waals surface area (Å²) in [5, 5.41) is 5.01. The average molecular weight is 311 g/mol. The summed E-state index contributed by atoms with van der Waals surface area (Å²) in [6.07, 6.45) is 8.52. The molecule has 1 aliphatic carbocycles. The molecule has 22 heavy (non-hydrogen) atoms. The van der Waals surface area contributed by atoms with Crippen LogP contribution >= 0.6 is 11.3 Å². The van der Waals surface area contributed by atoms with Crippen LogP contribution in [0.15, 0.2) is 36.0 Å². The maximum absolute atomic E-state index is 12.4. The monoisotopic (exact) mass is 311 g/mol. The van der Waals surface area contributed by atoms with Crippen LogP contribution in [0.3, 0.4) is 0 Å². The molecule has 1 aliphatic rings. The van der Waals surface area contributed by atoms with Crippen molar-refractivity contribution in [2.75, 3.05) is 0 Å². The normalized spacial score (nSPS) is 14.0. The molecule has 0 unspecified atom stereocenters. The fourth-order valence-corrected chi connectivity index (χ4v) is 4.15. The number of fused-ring (bicyclic) bond motifs is 2. The standard InChI is InChI=1S/C17H17N3OS/c21-17(14-11-22-15-6-2-1-5-13(14)15)18-9-12-10-20-8-4-3-7-16(20)19-12/h3-4,7-8,10-11H,1-2,5-6,9H2,(H,18,21). The predicted molar refractivity (Wildman–Crippen MR) is 87.3 cm³/mol. The zero-order valence-corrected chi connectivity index (χ0v) is 13.0. The number of rotatable bonds is 3. The molecule has 4 nitrogen and oxygen atoms in total. The fourth-order valence-electron chi connectivity index (χ4n) is 3.02. The predicted octanol–water partition coefficient (Wildman–Crippen LogP) is 3.20. The van der Waals surface area contributed by atoms with Crippen molar-refractivity contribution in [3.63, 3.8) is 0 Å². The highest BCUT2D eigenvalue weighted by atomic mass is 32.1. The first kappa shape index (κ1) is 13.5. The Hall–Kier alpha value is -2.14. The van der Waals surface area contributed by atoms with Gasteiger partial charge in [-0.25, -0.2) is 4.98 Å². The van der Waals surface area contributed by atoms with E-state index in [1.807, 2.05) is 40.4 Å². The second kappa shape index (κ2) is 5.57. The number of imidazole rings is 1. The van der Waals surface area contributed by atoms with Gasteiger partial charge in [-0.3, -0.25) is 4.79 Å². The molecule has 0 saturated heterocycles. The van der Waals surface area contributed by atoms with Gasteiger partial charge < -0.3 is 9.72 Å². The van der Waals surface area contributed by atoms with E-state index in [2.05, 4.69) is 10.3 Å². The summed E-state index contributed by atoms with van der Waals surface area (Å²) >= 11 is 1.73. The summed E-state index contributed by atoms with van der Waals surface area (Å²) < 4.78 is 1.97. The van der Waals surface area contributed by atoms with Crippen molar-refractivity contribution < 1.29 is 4.79 Å². The van der Waals surface area contributed by atoms with Crippen LogP contribution in [0.2, 0.25) is 0 Å². The van der Waals surface area contributed by atoms with Crippen LogP contribution in [0.5, 0.6) is 0 Å². The Bertz CT molecular complexity index is 800. The van der Waals surface area contributed by atoms with Crippen LogP contribution in [-0.4, -0.2) is 15.3 Å². The van der Waals surface area contributed by atoms with Gasteiger partial charge in [0.25, 0.3) is 5.91 Å². The molecule has 0 aromatic carbocycles. The van der Waals surface area contributed by atoms with E-state index in [1.54, 1.807) is 11.3 Å². The molecule has 3 aromatic rings. The quantitative estimate of drug-likeness (QED) is 0.807. The molecular formula is C17H17N3OS. The lowest BCUT2D eigenvalue weighted by atomic mass is 9.96. The molecule has 0 atom stereocenters. The van der Waals surface area contributed by atoms with Crippen molar-refractivity contribution in [3.8, 4) is 0 Å². The van der Waals surface area contributed by atoms with Gasteiger partial charge in [-0.2, -0.15) is 0 Å². The molecule has 1 N–H and O–H groups in total. The van der Waals surface area contributed by atoms with E-state index in [-0.39, 0.29) is 5.91 Å². The molecule has 0 fully saturated rings. The lowest BCUT2D eigenvalue weighted by molar-refractivity contribution is 0.0950. The SMILES string of the molecule is O=C(NCc1cn2ccccc2n1)c1csc2c1CCCC2. The van der Waals surface area contributed by atoms with Gasteiger partial charge in [-0.15, -0.1) is 11.3 Å². The average Bonchev–Trinajstić information content (AvgIpc) is 3.16. The third kappa shape index (κ3) is 2.41. The van der Waals surface area contributed by atoms with E-state index in [0.717, 1.165) is 29.7 Å². The maximum atomic E-state index is 12.4. The Labute approximate surface area is 132 Å². The van der Waals surface area contributed by atoms with Gasteiger partial charge in [-0.1, -0.05) is 6.07 Å². The van der Waals surface area contributed by atoms with Crippen molar-refractivity contribution in [1.29, 1.82) is 0 Å². The van der Waals surface area contributed by atoms with Crippen LogP contribution in [-0.2, 0) is 19.4 Å². The molecule has 112 valence electrons. The molecule has 0 saturated carbocycles. The van der Waals surface area contributed by atoms with Crippen molar-refractivity contribution in [2.24, 2.45) is 0 Å². The molecule has 1 amide bonds. The molecular weight excluding hydrogens is 294 g/mol. The number of pyridine rings is 1. The first-order chi connectivity index (χ1) is 10.8. The minimum Gasteiger partial charge on any atom is -0.346 e. The lowest BCUT2D eigenvalue weighted by Gasteiger charge is -2.12. The largest absolute Gasteiger partial charge is 0.346 e. The summed E-state index contributed by atoms with van der Waals surface area (Å²) in [5.41, 5.74) is 3.91. The van der Waals surface area contributed by atoms with Gasteiger partial charge in [0, 0.05) is 22.7 Å². The maximum Gasteiger partial charge on any atom is 0.252 e. The van der Waals surface area contributed by atoms with Crippen molar-refractivity contribution >= 4 is 22.9 Å². The Balaban J connectivity index is 1.49. The number of aryl methyl sites for hydroxylation is 1. The number of hydrogen-bond donors (Lipinski definition) is 1. The third-order valence-electron chi connectivity index (χ3n) is 4.15. The zero-order chi connectivity index (χ0) is 14.9. The first-order valence-electron chi connectivity index (χ1n) is 7.61. The van der Waals surface area contributed by atoms with Crippen LogP contribution < -0.4 is 5.32 Å². The summed E-state index contributed by atoms with van der Waals surface area (Å²) in [6.45, 7) is 0.463. The molecule has 0 spiro atoms. The summed E-state index contributed by atoms with van der Waals surface area (Å²) in [7, 11) is 0. The number of amides is 1. The second-order valence-electron chi connectivity index (χ2n) is 5.64. The van der Waals surface area contributed by atoms with E-state index >= 15 is 0 Å². The van der Waals surface area contributed by atoms with E-state index in [4.69, 9.17) is 0 Å². The Morgan fingerprint density at radius 1 is 1.32 bits per heavy atom. The van der Waals surface area contributed by atoms with Gasteiger partial charge >= 0.3 is 0 Å². The van der Waals surface area contributed by atoms with Crippen LogP contribution in [0, 0.1) is 0 Å². The number of hydrogen-bond acceptors (Lipinski definition) is 3. The number of aromatic nitrogens is 2. The van der Waals surface area contributed by atoms with Crippen molar-refractivity contribution in [2.45, 2.75) is 32.2 Å². The molecule has 0 bridgehead atoms. The summed E-state index contributed by atoms with van der Waals surface area (Å²) in [6, 6.07) is 5.89. The number of nitrogens with zero attached hydrogens (tertiary/aromatic N) is 2. The van der Waals surface area contributed by atoms with Gasteiger partial charge in [0.1, 0.15) is 5.65 Å². The topological polar surface area (TPSA) is 46.4 Å². The van der Waals surface area contributed by atoms with E-state index < -0.39 is 0 Å². The molecule has 5 heteroatoms. The van der Waals surface area contributed by atoms with E-state index in [0.29, 0.717) is 6.54 Å². The van der Waals surface area contributed by atoms with E-state index in [9.17, 15) is 4.79 Å². The number of carbonyl (C=O) groups excluding carboxylic acids is 1. The Morgan fingerprint density at radius 2 is 2.23 bits per heavy atom. The Morgan fingerprint density at radius 3 is 3.14 bits per heavy atom. The van der Waals surface area contributed by atoms with Gasteiger partial charge in [0.05, 0.1) is 17.8 Å². The highest BCUT2D eigenvalue weighted by Crippen LogP contribution is 2.30. The van der Waals surface area contributed by atoms with Crippen LogP contribution in [0.25, 0.3) is 5.65 Å². The third-order valence-corrected chi connectivity index (χ3v) is 5.24. The fraction of sp³-hybridized carbons (Fsp3) is 0.294. The van der Waals surface area contributed by atoms with E-state index in [1.165, 1.54) is 23.3 Å². The number of nitrogens with one attached hydrogen (secondary N) is 1. The van der Waals surface area contributed by atoms with Crippen LogP contribution in [0.4, 0.5) is 0 Å². The van der Waals surface area contributed by atoms with Crippen molar-refractivity contribution in [3.05, 3.63) is 57.7 Å². The van der Waals surface area contributed by atoms with Crippen LogP contribution in [0.1, 0.15) is 39.3 Å². The molecule has 3 heterocycles. The van der Waals surface area contributed by atoms with Crippen molar-refractivity contribution in [1.82, 2.24) is 14.7 Å². The van der Waals surface area contributed by atoms with Gasteiger partial charge in [0.15, 0.2) is 0 Å². The Kier molecular flexibility index (Phi) is 3.42.